The molecule has 2 heterocycles. The van der Waals surface area contributed by atoms with Gasteiger partial charge in [0.25, 0.3) is 0 Å². The average molecular weight is 316 g/mol. The highest BCUT2D eigenvalue weighted by Gasteiger charge is 2.32. The number of hydrogen-bond acceptors (Lipinski definition) is 6. The van der Waals surface area contributed by atoms with E-state index in [-0.39, 0.29) is 0 Å². The molecule has 22 heavy (non-hydrogen) atoms. The molecular formula is C16H32N2O4. The number of aliphatic hydroxyl groups excluding tert-OH is 4. The van der Waals surface area contributed by atoms with Crippen LogP contribution in [0.3, 0.4) is 0 Å². The summed E-state index contributed by atoms with van der Waals surface area (Å²) in [7, 11) is 0. The zero-order valence-electron chi connectivity index (χ0n) is 13.5. The summed E-state index contributed by atoms with van der Waals surface area (Å²) >= 11 is 0. The lowest BCUT2D eigenvalue weighted by atomic mass is 10.0. The van der Waals surface area contributed by atoms with Gasteiger partial charge in [0.1, 0.15) is 12.2 Å². The Hall–Kier alpha value is -0.240. The summed E-state index contributed by atoms with van der Waals surface area (Å²) in [4.78, 5) is 4.22. The fraction of sp³-hybridized carbons (Fsp3) is 1.00. The lowest BCUT2D eigenvalue weighted by Gasteiger charge is -2.34. The van der Waals surface area contributed by atoms with E-state index in [0.29, 0.717) is 13.1 Å². The van der Waals surface area contributed by atoms with Crippen LogP contribution >= 0.6 is 0 Å². The van der Waals surface area contributed by atoms with E-state index in [4.69, 9.17) is 0 Å². The van der Waals surface area contributed by atoms with Crippen LogP contribution in [-0.4, -0.2) is 93.9 Å². The monoisotopic (exact) mass is 316 g/mol. The lowest BCUT2D eigenvalue weighted by Crippen LogP contribution is -2.52. The van der Waals surface area contributed by atoms with E-state index in [9.17, 15) is 20.4 Å². The van der Waals surface area contributed by atoms with Gasteiger partial charge in [-0.1, -0.05) is 12.8 Å². The summed E-state index contributed by atoms with van der Waals surface area (Å²) in [6, 6.07) is 0. The molecule has 2 aliphatic rings. The fourth-order valence-electron chi connectivity index (χ4n) is 3.48. The van der Waals surface area contributed by atoms with Crippen molar-refractivity contribution in [2.45, 2.75) is 62.9 Å². The van der Waals surface area contributed by atoms with Gasteiger partial charge in [-0.05, 0) is 51.9 Å². The molecule has 2 rings (SSSR count). The maximum absolute atomic E-state index is 10.1. The van der Waals surface area contributed by atoms with Gasteiger partial charge < -0.3 is 30.2 Å². The van der Waals surface area contributed by atoms with Gasteiger partial charge in [-0.3, -0.25) is 0 Å². The predicted molar refractivity (Wildman–Crippen MR) is 84.6 cm³/mol. The first-order valence-electron chi connectivity index (χ1n) is 8.75. The minimum absolute atomic E-state index is 0.356. The summed E-state index contributed by atoms with van der Waals surface area (Å²) in [6.45, 7) is 4.42. The van der Waals surface area contributed by atoms with Crippen molar-refractivity contribution < 1.29 is 20.4 Å². The van der Waals surface area contributed by atoms with E-state index in [2.05, 4.69) is 9.80 Å². The minimum atomic E-state index is -1.30. The van der Waals surface area contributed by atoms with Crippen molar-refractivity contribution in [3.05, 3.63) is 0 Å². The molecule has 0 aromatic heterocycles. The van der Waals surface area contributed by atoms with Crippen molar-refractivity contribution in [2.75, 3.05) is 39.3 Å². The van der Waals surface area contributed by atoms with E-state index in [1.54, 1.807) is 0 Å². The van der Waals surface area contributed by atoms with Gasteiger partial charge >= 0.3 is 0 Å². The second-order valence-electron chi connectivity index (χ2n) is 6.84. The van der Waals surface area contributed by atoms with Crippen LogP contribution in [0.1, 0.15) is 38.5 Å². The van der Waals surface area contributed by atoms with Crippen LogP contribution in [0.15, 0.2) is 0 Å². The molecule has 0 bridgehead atoms. The van der Waals surface area contributed by atoms with Gasteiger partial charge in [-0.15, -0.1) is 0 Å². The molecule has 2 saturated heterocycles. The highest BCUT2D eigenvalue weighted by atomic mass is 16.4. The molecule has 4 unspecified atom stereocenters. The number of aliphatic hydroxyl groups is 4. The van der Waals surface area contributed by atoms with Crippen molar-refractivity contribution in [1.29, 1.82) is 0 Å². The summed E-state index contributed by atoms with van der Waals surface area (Å²) < 4.78 is 0. The van der Waals surface area contributed by atoms with Gasteiger partial charge in [-0.2, -0.15) is 0 Å². The standard InChI is InChI=1S/C16H32N2O4/c19-13(11-17-7-3-1-4-8-17)15(21)16(22)14(20)12-18-9-5-2-6-10-18/h13-16,19-22H,1-12H2. The average Bonchev–Trinajstić information content (AvgIpc) is 2.55. The predicted octanol–water partition coefficient (Wildman–Crippen LogP) is -0.598. The van der Waals surface area contributed by atoms with E-state index in [1.165, 1.54) is 12.8 Å². The first kappa shape index (κ1) is 18.1. The van der Waals surface area contributed by atoms with E-state index in [1.807, 2.05) is 0 Å². The maximum Gasteiger partial charge on any atom is 0.110 e. The van der Waals surface area contributed by atoms with E-state index in [0.717, 1.165) is 51.9 Å². The Bertz CT molecular complexity index is 277. The minimum Gasteiger partial charge on any atom is -0.389 e. The number of nitrogens with zero attached hydrogens (tertiary/aromatic N) is 2. The molecule has 0 radical (unpaired) electrons. The zero-order chi connectivity index (χ0) is 15.9. The summed E-state index contributed by atoms with van der Waals surface area (Å²) in [5.74, 6) is 0. The Morgan fingerprint density at radius 1 is 0.545 bits per heavy atom. The molecule has 2 fully saturated rings. The molecule has 0 saturated carbocycles. The van der Waals surface area contributed by atoms with Gasteiger partial charge in [0.2, 0.25) is 0 Å². The van der Waals surface area contributed by atoms with Crippen molar-refractivity contribution in [3.8, 4) is 0 Å². The first-order chi connectivity index (χ1) is 10.6. The number of hydrogen-bond donors (Lipinski definition) is 4. The summed E-state index contributed by atoms with van der Waals surface area (Å²) in [5, 5.41) is 40.5. The topological polar surface area (TPSA) is 87.4 Å². The number of β-amino-alcohol motifs (C(OH)–C–C–N with tert-alkyl or cyclic N) is 2. The Morgan fingerprint density at radius 3 is 1.18 bits per heavy atom. The van der Waals surface area contributed by atoms with Crippen LogP contribution < -0.4 is 0 Å². The highest BCUT2D eigenvalue weighted by molar-refractivity contribution is 4.85. The Labute approximate surface area is 133 Å². The van der Waals surface area contributed by atoms with Crippen molar-refractivity contribution in [3.63, 3.8) is 0 Å². The van der Waals surface area contributed by atoms with Crippen LogP contribution in [0.2, 0.25) is 0 Å². The molecule has 6 nitrogen and oxygen atoms in total. The third kappa shape index (κ3) is 5.44. The molecule has 4 atom stereocenters. The molecule has 0 aliphatic carbocycles. The Morgan fingerprint density at radius 2 is 0.864 bits per heavy atom. The van der Waals surface area contributed by atoms with E-state index >= 15 is 0 Å². The summed E-state index contributed by atoms with van der Waals surface area (Å²) in [6.07, 6.45) is 2.23. The zero-order valence-corrected chi connectivity index (χ0v) is 13.5. The number of likely N-dealkylation sites (tertiary alicyclic amines) is 2. The van der Waals surface area contributed by atoms with Gasteiger partial charge in [-0.25, -0.2) is 0 Å². The molecule has 0 aromatic carbocycles. The van der Waals surface area contributed by atoms with Crippen molar-refractivity contribution in [1.82, 2.24) is 9.80 Å². The normalized spacial score (nSPS) is 27.3. The first-order valence-corrected chi connectivity index (χ1v) is 8.75. The Balaban J connectivity index is 1.74. The number of piperidine rings is 2. The smallest absolute Gasteiger partial charge is 0.110 e. The largest absolute Gasteiger partial charge is 0.389 e. The Kier molecular flexibility index (Phi) is 7.53. The molecule has 0 aromatic rings. The van der Waals surface area contributed by atoms with Crippen molar-refractivity contribution >= 4 is 0 Å². The molecule has 0 amide bonds. The molecule has 2 aliphatic heterocycles. The van der Waals surface area contributed by atoms with Crippen LogP contribution in [0.5, 0.6) is 0 Å². The molecule has 6 heteroatoms. The third-order valence-corrected chi connectivity index (χ3v) is 4.93. The second-order valence-corrected chi connectivity index (χ2v) is 6.84. The molecule has 4 N–H and O–H groups in total. The van der Waals surface area contributed by atoms with E-state index < -0.39 is 24.4 Å². The second kappa shape index (κ2) is 9.15. The van der Waals surface area contributed by atoms with Gasteiger partial charge in [0, 0.05) is 13.1 Å². The van der Waals surface area contributed by atoms with Crippen LogP contribution in [0, 0.1) is 0 Å². The molecular weight excluding hydrogens is 284 g/mol. The van der Waals surface area contributed by atoms with Crippen LogP contribution in [-0.2, 0) is 0 Å². The lowest BCUT2D eigenvalue weighted by molar-refractivity contribution is -0.116. The van der Waals surface area contributed by atoms with Crippen molar-refractivity contribution in [2.24, 2.45) is 0 Å². The SMILES string of the molecule is OC(CN1CCCCC1)C(O)C(O)C(O)CN1CCCCC1. The molecule has 0 spiro atoms. The number of rotatable bonds is 7. The van der Waals surface area contributed by atoms with Crippen LogP contribution in [0.25, 0.3) is 0 Å². The highest BCUT2D eigenvalue weighted by Crippen LogP contribution is 2.14. The van der Waals surface area contributed by atoms with Gasteiger partial charge in [0.05, 0.1) is 12.2 Å². The maximum atomic E-state index is 10.1. The fourth-order valence-corrected chi connectivity index (χ4v) is 3.48. The van der Waals surface area contributed by atoms with Crippen LogP contribution in [0.4, 0.5) is 0 Å². The quantitative estimate of drug-likeness (QED) is 0.502. The van der Waals surface area contributed by atoms with Gasteiger partial charge in [0.15, 0.2) is 0 Å². The summed E-state index contributed by atoms with van der Waals surface area (Å²) in [5.41, 5.74) is 0. The molecule has 130 valence electrons. The third-order valence-electron chi connectivity index (χ3n) is 4.93.